The summed E-state index contributed by atoms with van der Waals surface area (Å²) in [5.41, 5.74) is 2.15. The number of aliphatic hydroxyl groups is 5. The molecule has 24 heavy (non-hydrogen) atoms. The minimum Gasteiger partial charge on any atom is -0.393 e. The van der Waals surface area contributed by atoms with Crippen LogP contribution < -0.4 is 11.1 Å². The smallest absolute Gasteiger partial charge is 0.311 e. The number of nitrogens with one attached hydrogen (secondary N) is 1. The van der Waals surface area contributed by atoms with Crippen molar-refractivity contribution in [3.63, 3.8) is 0 Å². The second-order valence-electron chi connectivity index (χ2n) is 6.65. The molecule has 4 fully saturated rings. The third-order valence-electron chi connectivity index (χ3n) is 5.54. The highest BCUT2D eigenvalue weighted by molar-refractivity contribution is 5.80. The van der Waals surface area contributed by atoms with E-state index in [4.69, 9.17) is 19.9 Å². The van der Waals surface area contributed by atoms with Crippen LogP contribution in [0.1, 0.15) is 6.92 Å². The maximum Gasteiger partial charge on any atom is 0.311 e. The van der Waals surface area contributed by atoms with Crippen LogP contribution in [0.15, 0.2) is 4.99 Å². The summed E-state index contributed by atoms with van der Waals surface area (Å²) in [6, 6.07) is 0. The zero-order valence-corrected chi connectivity index (χ0v) is 12.9. The third-order valence-corrected chi connectivity index (χ3v) is 5.54. The highest BCUT2D eigenvalue weighted by Crippen LogP contribution is 2.58. The first-order valence-electron chi connectivity index (χ1n) is 7.75. The Morgan fingerprint density at radius 1 is 1.29 bits per heavy atom. The molecule has 4 bridgehead atoms. The van der Waals surface area contributed by atoms with Crippen molar-refractivity contribution >= 4 is 5.96 Å². The molecule has 0 amide bonds. The van der Waals surface area contributed by atoms with Crippen LogP contribution in [0.2, 0.25) is 0 Å². The third kappa shape index (κ3) is 1.61. The number of hydrogen-bond donors (Lipinski definition) is 7. The molecule has 0 aromatic carbocycles. The van der Waals surface area contributed by atoms with Gasteiger partial charge in [0.25, 0.3) is 0 Å². The summed E-state index contributed by atoms with van der Waals surface area (Å²) in [5, 5.41) is 55.2. The molecule has 11 heteroatoms. The van der Waals surface area contributed by atoms with Crippen molar-refractivity contribution in [1.29, 1.82) is 0 Å². The van der Waals surface area contributed by atoms with Crippen LogP contribution >= 0.6 is 0 Å². The van der Waals surface area contributed by atoms with E-state index in [-0.39, 0.29) is 12.6 Å². The predicted molar refractivity (Wildman–Crippen MR) is 75.1 cm³/mol. The second-order valence-corrected chi connectivity index (χ2v) is 6.65. The van der Waals surface area contributed by atoms with Gasteiger partial charge in [0.15, 0.2) is 18.3 Å². The van der Waals surface area contributed by atoms with Gasteiger partial charge < -0.3 is 50.8 Å². The van der Waals surface area contributed by atoms with Crippen molar-refractivity contribution in [2.24, 2.45) is 16.6 Å². The molecule has 1 aliphatic carbocycles. The first kappa shape index (κ1) is 16.4. The number of nitrogens with two attached hydrogens (primary N) is 1. The summed E-state index contributed by atoms with van der Waals surface area (Å²) in [4.78, 5) is 4.11. The van der Waals surface area contributed by atoms with Gasteiger partial charge in [-0.1, -0.05) is 0 Å². The summed E-state index contributed by atoms with van der Waals surface area (Å²) in [6.45, 7) is 1.17. The van der Waals surface area contributed by atoms with E-state index in [0.717, 1.165) is 0 Å². The van der Waals surface area contributed by atoms with Crippen molar-refractivity contribution in [1.82, 2.24) is 5.32 Å². The molecule has 1 saturated carbocycles. The van der Waals surface area contributed by atoms with E-state index in [9.17, 15) is 25.5 Å². The molecule has 11 nitrogen and oxygen atoms in total. The number of rotatable bonds is 3. The lowest BCUT2D eigenvalue weighted by molar-refractivity contribution is -0.548. The van der Waals surface area contributed by atoms with Crippen LogP contribution in [0.3, 0.4) is 0 Å². The SMILES string of the molecule is CCO[C@H]1N=C(N)NC23[C@@H]1[C@H]1O[C@](O)(O[C@H]([C@@H]2O)[C@@]1(O)CO)[C@H]3O. The number of ether oxygens (including phenoxy) is 3. The highest BCUT2D eigenvalue weighted by Gasteiger charge is 2.83. The minimum atomic E-state index is -2.46. The van der Waals surface area contributed by atoms with Crippen LogP contribution in [0.25, 0.3) is 0 Å². The van der Waals surface area contributed by atoms with Gasteiger partial charge in [0.1, 0.15) is 29.5 Å². The zero-order valence-electron chi connectivity index (χ0n) is 12.9. The molecule has 1 spiro atoms. The van der Waals surface area contributed by atoms with Crippen LogP contribution in [0, 0.1) is 5.92 Å². The number of aliphatic hydroxyl groups excluding tert-OH is 3. The Labute approximate surface area is 136 Å². The van der Waals surface area contributed by atoms with E-state index in [1.54, 1.807) is 6.92 Å². The average molecular weight is 347 g/mol. The number of guanidine groups is 1. The standard InChI is InChI=1S/C13H21N3O8/c1-2-22-8-4-6-11(20,3-17)7-5(18)12(4,16-10(14)15-8)9(19)13(21,23-6)24-7/h4-9,17-21H,2-3H2,1H3,(H3,14,15,16)/t4-,5+,6-,7-,8-,9+,11-,12?,13+/m1/s1. The van der Waals surface area contributed by atoms with E-state index in [1.807, 2.05) is 0 Å². The molecule has 5 aliphatic rings. The monoisotopic (exact) mass is 347 g/mol. The summed E-state index contributed by atoms with van der Waals surface area (Å²) >= 11 is 0. The highest BCUT2D eigenvalue weighted by atomic mass is 16.9. The fourth-order valence-corrected chi connectivity index (χ4v) is 4.53. The Morgan fingerprint density at radius 2 is 1.96 bits per heavy atom. The summed E-state index contributed by atoms with van der Waals surface area (Å²) in [6.07, 6.45) is -6.86. The Hall–Kier alpha value is -1.05. The van der Waals surface area contributed by atoms with Gasteiger partial charge in [-0.25, -0.2) is 4.99 Å². The van der Waals surface area contributed by atoms with E-state index in [2.05, 4.69) is 10.3 Å². The van der Waals surface area contributed by atoms with Crippen LogP contribution in [0.5, 0.6) is 0 Å². The molecule has 3 saturated heterocycles. The van der Waals surface area contributed by atoms with Gasteiger partial charge in [0, 0.05) is 6.61 Å². The van der Waals surface area contributed by atoms with E-state index >= 15 is 0 Å². The Morgan fingerprint density at radius 3 is 2.58 bits per heavy atom. The molecule has 0 aromatic rings. The minimum absolute atomic E-state index is 0.0964. The van der Waals surface area contributed by atoms with Crippen molar-refractivity contribution in [3.8, 4) is 0 Å². The van der Waals surface area contributed by atoms with Gasteiger partial charge >= 0.3 is 5.97 Å². The van der Waals surface area contributed by atoms with Crippen LogP contribution in [0.4, 0.5) is 0 Å². The summed E-state index contributed by atoms with van der Waals surface area (Å²) in [7, 11) is 0. The Balaban J connectivity index is 1.91. The van der Waals surface area contributed by atoms with E-state index in [1.165, 1.54) is 0 Å². The molecule has 1 unspecified atom stereocenters. The molecule has 0 aromatic heterocycles. The first-order valence-corrected chi connectivity index (χ1v) is 7.75. The Kier molecular flexibility index (Phi) is 3.26. The fourth-order valence-electron chi connectivity index (χ4n) is 4.53. The molecule has 4 aliphatic heterocycles. The second kappa shape index (κ2) is 4.77. The molecular formula is C13H21N3O8. The zero-order chi connectivity index (χ0) is 17.5. The lowest BCUT2D eigenvalue weighted by atomic mass is 9.55. The maximum absolute atomic E-state index is 10.8. The van der Waals surface area contributed by atoms with Gasteiger partial charge in [0.2, 0.25) is 0 Å². The Bertz CT molecular complexity index is 592. The largest absolute Gasteiger partial charge is 0.393 e. The quantitative estimate of drug-likeness (QED) is 0.263. The number of nitrogens with zero attached hydrogens (tertiary/aromatic N) is 1. The first-order chi connectivity index (χ1) is 11.2. The molecule has 5 rings (SSSR count). The van der Waals surface area contributed by atoms with E-state index < -0.39 is 60.3 Å². The van der Waals surface area contributed by atoms with Crippen molar-refractivity contribution in [2.75, 3.05) is 13.2 Å². The van der Waals surface area contributed by atoms with Gasteiger partial charge in [-0.3, -0.25) is 0 Å². The normalized spacial score (nSPS) is 58.2. The van der Waals surface area contributed by atoms with Crippen molar-refractivity contribution < 1.29 is 39.7 Å². The van der Waals surface area contributed by atoms with Crippen LogP contribution in [-0.2, 0) is 14.2 Å². The number of aliphatic imine (C=N–C) groups is 1. The molecule has 136 valence electrons. The summed E-state index contributed by atoms with van der Waals surface area (Å²) < 4.78 is 16.1. The lowest BCUT2D eigenvalue weighted by Crippen LogP contribution is -2.95. The average Bonchev–Trinajstić information content (AvgIpc) is 2.53. The topological polar surface area (TPSA) is 179 Å². The van der Waals surface area contributed by atoms with Crippen LogP contribution in [-0.4, -0.2) is 92.5 Å². The van der Waals surface area contributed by atoms with E-state index in [0.29, 0.717) is 0 Å². The lowest BCUT2D eigenvalue weighted by Gasteiger charge is -2.71. The molecular weight excluding hydrogens is 326 g/mol. The van der Waals surface area contributed by atoms with Gasteiger partial charge in [-0.05, 0) is 6.92 Å². The summed E-state index contributed by atoms with van der Waals surface area (Å²) in [5.74, 6) is -3.50. The maximum atomic E-state index is 10.8. The van der Waals surface area contributed by atoms with Crippen molar-refractivity contribution in [2.45, 2.75) is 54.7 Å². The predicted octanol–water partition coefficient (Wildman–Crippen LogP) is -4.48. The molecule has 4 heterocycles. The van der Waals surface area contributed by atoms with Gasteiger partial charge in [0.05, 0.1) is 12.5 Å². The molecule has 0 radical (unpaired) electrons. The number of hydrogen-bond acceptors (Lipinski definition) is 11. The molecule has 8 N–H and O–H groups in total. The van der Waals surface area contributed by atoms with Crippen molar-refractivity contribution in [3.05, 3.63) is 0 Å². The van der Waals surface area contributed by atoms with Gasteiger partial charge in [-0.15, -0.1) is 0 Å². The molecule has 9 atom stereocenters. The van der Waals surface area contributed by atoms with Gasteiger partial charge in [-0.2, -0.15) is 0 Å². The fraction of sp³-hybridized carbons (Fsp3) is 0.923.